The van der Waals surface area contributed by atoms with Gasteiger partial charge in [-0.15, -0.1) is 0 Å². The monoisotopic (exact) mass is 367 g/mol. The first-order valence-electron chi connectivity index (χ1n) is 8.30. The minimum atomic E-state index is -0.335. The highest BCUT2D eigenvalue weighted by Gasteiger charge is 2.07. The summed E-state index contributed by atoms with van der Waals surface area (Å²) >= 11 is 0. The standard InChI is InChI=1S/C20H18FN3O3/c21-15-5-9-16(10-6-15)22-13-19(25)24-17-7-3-14(4-8-17)20(26)23-12-18-2-1-11-27-18/h1-11,22H,12-13H2,(H,23,26)(H,24,25). The molecule has 3 N–H and O–H groups in total. The van der Waals surface area contributed by atoms with Crippen molar-refractivity contribution in [3.63, 3.8) is 0 Å². The van der Waals surface area contributed by atoms with Gasteiger partial charge in [0.1, 0.15) is 11.6 Å². The topological polar surface area (TPSA) is 83.4 Å². The quantitative estimate of drug-likeness (QED) is 0.598. The highest BCUT2D eigenvalue weighted by atomic mass is 19.1. The molecule has 0 aliphatic rings. The van der Waals surface area contributed by atoms with Crippen molar-refractivity contribution in [3.05, 3.63) is 84.1 Å². The summed E-state index contributed by atoms with van der Waals surface area (Å²) in [5, 5.41) is 8.37. The number of hydrogen-bond donors (Lipinski definition) is 3. The molecule has 0 spiro atoms. The van der Waals surface area contributed by atoms with Crippen LogP contribution in [0.1, 0.15) is 16.1 Å². The van der Waals surface area contributed by atoms with Crippen molar-refractivity contribution in [2.24, 2.45) is 0 Å². The molecule has 27 heavy (non-hydrogen) atoms. The molecule has 3 rings (SSSR count). The number of carbonyl (C=O) groups is 2. The summed E-state index contributed by atoms with van der Waals surface area (Å²) in [5.74, 6) is -0.157. The predicted octanol–water partition coefficient (Wildman–Crippen LogP) is 3.40. The number of benzene rings is 2. The number of anilines is 2. The van der Waals surface area contributed by atoms with Crippen molar-refractivity contribution < 1.29 is 18.4 Å². The maximum absolute atomic E-state index is 12.8. The Kier molecular flexibility index (Phi) is 5.84. The van der Waals surface area contributed by atoms with E-state index in [-0.39, 0.29) is 24.2 Å². The molecule has 7 heteroatoms. The van der Waals surface area contributed by atoms with Crippen molar-refractivity contribution in [1.29, 1.82) is 0 Å². The van der Waals surface area contributed by atoms with Gasteiger partial charge in [0.25, 0.3) is 5.91 Å². The molecule has 0 aliphatic carbocycles. The van der Waals surface area contributed by atoms with Crippen LogP contribution in [0.4, 0.5) is 15.8 Å². The molecule has 0 unspecified atom stereocenters. The largest absolute Gasteiger partial charge is 0.467 e. The molecular formula is C20H18FN3O3. The van der Waals surface area contributed by atoms with E-state index in [9.17, 15) is 14.0 Å². The van der Waals surface area contributed by atoms with Crippen LogP contribution in [0.25, 0.3) is 0 Å². The summed E-state index contributed by atoms with van der Waals surface area (Å²) in [7, 11) is 0. The SMILES string of the molecule is O=C(CNc1ccc(F)cc1)Nc1ccc(C(=O)NCc2ccco2)cc1. The van der Waals surface area contributed by atoms with Crippen molar-refractivity contribution in [2.75, 3.05) is 17.2 Å². The molecule has 0 aliphatic heterocycles. The van der Waals surface area contributed by atoms with E-state index in [1.165, 1.54) is 12.1 Å². The fraction of sp³-hybridized carbons (Fsp3) is 0.100. The maximum atomic E-state index is 12.8. The van der Waals surface area contributed by atoms with Gasteiger partial charge in [-0.1, -0.05) is 0 Å². The Morgan fingerprint density at radius 1 is 0.926 bits per heavy atom. The lowest BCUT2D eigenvalue weighted by Gasteiger charge is -2.09. The smallest absolute Gasteiger partial charge is 0.251 e. The highest BCUT2D eigenvalue weighted by molar-refractivity contribution is 5.96. The van der Waals surface area contributed by atoms with Crippen LogP contribution in [0, 0.1) is 5.82 Å². The lowest BCUT2D eigenvalue weighted by atomic mass is 10.2. The minimum Gasteiger partial charge on any atom is -0.467 e. The van der Waals surface area contributed by atoms with Gasteiger partial charge in [0.05, 0.1) is 19.4 Å². The highest BCUT2D eigenvalue weighted by Crippen LogP contribution is 2.11. The summed E-state index contributed by atoms with van der Waals surface area (Å²) in [5.41, 5.74) is 1.70. The van der Waals surface area contributed by atoms with Crippen LogP contribution in [0.5, 0.6) is 0 Å². The van der Waals surface area contributed by atoms with Crippen LogP contribution in [0.3, 0.4) is 0 Å². The number of hydrogen-bond acceptors (Lipinski definition) is 4. The molecule has 138 valence electrons. The van der Waals surface area contributed by atoms with Gasteiger partial charge >= 0.3 is 0 Å². The molecule has 1 aromatic heterocycles. The summed E-state index contributed by atoms with van der Waals surface area (Å²) in [6.45, 7) is 0.344. The lowest BCUT2D eigenvalue weighted by molar-refractivity contribution is -0.114. The molecule has 2 aromatic carbocycles. The molecule has 6 nitrogen and oxygen atoms in total. The van der Waals surface area contributed by atoms with Crippen molar-refractivity contribution in [1.82, 2.24) is 5.32 Å². The predicted molar refractivity (Wildman–Crippen MR) is 99.8 cm³/mol. The second-order valence-electron chi connectivity index (χ2n) is 5.75. The molecule has 0 bridgehead atoms. The van der Waals surface area contributed by atoms with Crippen LogP contribution in [-0.4, -0.2) is 18.4 Å². The van der Waals surface area contributed by atoms with Gasteiger partial charge in [0.2, 0.25) is 5.91 Å². The van der Waals surface area contributed by atoms with Gasteiger partial charge in [-0.3, -0.25) is 9.59 Å². The van der Waals surface area contributed by atoms with E-state index in [0.717, 1.165) is 0 Å². The Bertz CT molecular complexity index is 891. The van der Waals surface area contributed by atoms with Gasteiger partial charge < -0.3 is 20.4 Å². The van der Waals surface area contributed by atoms with E-state index in [1.54, 1.807) is 54.8 Å². The van der Waals surface area contributed by atoms with Crippen molar-refractivity contribution in [3.8, 4) is 0 Å². The number of halogens is 1. The summed E-state index contributed by atoms with van der Waals surface area (Å²) in [6.07, 6.45) is 1.55. The Morgan fingerprint density at radius 2 is 1.63 bits per heavy atom. The Morgan fingerprint density at radius 3 is 2.30 bits per heavy atom. The normalized spacial score (nSPS) is 10.3. The average molecular weight is 367 g/mol. The van der Waals surface area contributed by atoms with Crippen LogP contribution >= 0.6 is 0 Å². The zero-order valence-corrected chi connectivity index (χ0v) is 14.4. The first-order chi connectivity index (χ1) is 13.1. The fourth-order valence-electron chi connectivity index (χ4n) is 2.34. The first kappa shape index (κ1) is 18.2. The molecule has 0 saturated heterocycles. The van der Waals surface area contributed by atoms with Crippen LogP contribution in [0.15, 0.2) is 71.3 Å². The Hall–Kier alpha value is -3.61. The Balaban J connectivity index is 1.47. The minimum absolute atomic E-state index is 0.0387. The van der Waals surface area contributed by atoms with Crippen LogP contribution in [0.2, 0.25) is 0 Å². The summed E-state index contributed by atoms with van der Waals surface area (Å²) in [4.78, 5) is 24.0. The van der Waals surface area contributed by atoms with Gasteiger partial charge in [0.15, 0.2) is 0 Å². The number of amides is 2. The van der Waals surface area contributed by atoms with E-state index in [4.69, 9.17) is 4.42 Å². The van der Waals surface area contributed by atoms with E-state index in [2.05, 4.69) is 16.0 Å². The molecule has 0 fully saturated rings. The lowest BCUT2D eigenvalue weighted by Crippen LogP contribution is -2.23. The van der Waals surface area contributed by atoms with E-state index >= 15 is 0 Å². The van der Waals surface area contributed by atoms with Crippen molar-refractivity contribution >= 4 is 23.2 Å². The fourth-order valence-corrected chi connectivity index (χ4v) is 2.34. The van der Waals surface area contributed by atoms with Gasteiger partial charge in [-0.25, -0.2) is 4.39 Å². The molecule has 1 heterocycles. The second-order valence-corrected chi connectivity index (χ2v) is 5.75. The Labute approximate surface area is 155 Å². The van der Waals surface area contributed by atoms with Crippen LogP contribution in [-0.2, 0) is 11.3 Å². The first-order valence-corrected chi connectivity index (χ1v) is 8.30. The van der Waals surface area contributed by atoms with Gasteiger partial charge in [-0.2, -0.15) is 0 Å². The number of furan rings is 1. The van der Waals surface area contributed by atoms with E-state index < -0.39 is 0 Å². The third-order valence-corrected chi connectivity index (χ3v) is 3.73. The van der Waals surface area contributed by atoms with Crippen molar-refractivity contribution in [2.45, 2.75) is 6.54 Å². The van der Waals surface area contributed by atoms with Gasteiger partial charge in [-0.05, 0) is 60.7 Å². The maximum Gasteiger partial charge on any atom is 0.251 e. The molecule has 0 radical (unpaired) electrons. The zero-order valence-electron chi connectivity index (χ0n) is 14.4. The number of rotatable bonds is 7. The third kappa shape index (κ3) is 5.43. The third-order valence-electron chi connectivity index (χ3n) is 3.73. The molecule has 3 aromatic rings. The summed E-state index contributed by atoms with van der Waals surface area (Å²) in [6, 6.07) is 15.8. The van der Waals surface area contributed by atoms with Crippen LogP contribution < -0.4 is 16.0 Å². The number of nitrogens with one attached hydrogen (secondary N) is 3. The van der Waals surface area contributed by atoms with E-state index in [1.807, 2.05) is 0 Å². The molecule has 0 atom stereocenters. The van der Waals surface area contributed by atoms with Gasteiger partial charge in [0, 0.05) is 16.9 Å². The number of carbonyl (C=O) groups excluding carboxylic acids is 2. The van der Waals surface area contributed by atoms with E-state index in [0.29, 0.717) is 29.2 Å². The second kappa shape index (κ2) is 8.66. The zero-order chi connectivity index (χ0) is 19.1. The molecule has 0 saturated carbocycles. The molecular weight excluding hydrogens is 349 g/mol. The molecule has 2 amide bonds. The average Bonchev–Trinajstić information content (AvgIpc) is 3.20. The summed E-state index contributed by atoms with van der Waals surface area (Å²) < 4.78 is 18.0.